The molecule has 1 aromatic heterocycles. The van der Waals surface area contributed by atoms with Gasteiger partial charge in [0.25, 0.3) is 5.91 Å². The van der Waals surface area contributed by atoms with Crippen LogP contribution in [0.1, 0.15) is 34.7 Å². The Morgan fingerprint density at radius 2 is 1.84 bits per heavy atom. The zero-order chi connectivity index (χ0) is 17.4. The quantitative estimate of drug-likeness (QED) is 0.670. The molecule has 0 bridgehead atoms. The van der Waals surface area contributed by atoms with Crippen LogP contribution >= 0.6 is 12.2 Å². The highest BCUT2D eigenvalue weighted by atomic mass is 32.1. The maximum absolute atomic E-state index is 13.9. The lowest BCUT2D eigenvalue weighted by Gasteiger charge is -2.32. The summed E-state index contributed by atoms with van der Waals surface area (Å²) in [6, 6.07) is 13.0. The molecule has 4 rings (SSSR count). The Hall–Kier alpha value is -2.47. The van der Waals surface area contributed by atoms with Crippen LogP contribution in [0.3, 0.4) is 0 Å². The van der Waals surface area contributed by atoms with Crippen molar-refractivity contribution in [2.24, 2.45) is 0 Å². The minimum Gasteiger partial charge on any atom is -0.339 e. The third-order valence-corrected chi connectivity index (χ3v) is 5.08. The van der Waals surface area contributed by atoms with Gasteiger partial charge in [-0.1, -0.05) is 30.3 Å². The van der Waals surface area contributed by atoms with Crippen LogP contribution < -0.4 is 0 Å². The number of halogens is 1. The number of rotatable bonds is 2. The van der Waals surface area contributed by atoms with Crippen LogP contribution in [-0.4, -0.2) is 33.9 Å². The van der Waals surface area contributed by atoms with Crippen molar-refractivity contribution in [2.75, 3.05) is 13.1 Å². The molecule has 2 N–H and O–H groups in total. The topological polar surface area (TPSA) is 51.9 Å². The lowest BCUT2D eigenvalue weighted by molar-refractivity contribution is 0.0714. The lowest BCUT2D eigenvalue weighted by Crippen LogP contribution is -2.38. The van der Waals surface area contributed by atoms with Gasteiger partial charge in [0.15, 0.2) is 4.77 Å². The molecule has 0 radical (unpaired) electrons. The van der Waals surface area contributed by atoms with Crippen LogP contribution in [-0.2, 0) is 0 Å². The molecule has 4 nitrogen and oxygen atoms in total. The van der Waals surface area contributed by atoms with Crippen molar-refractivity contribution >= 4 is 29.2 Å². The molecular formula is C19H18FN3OS. The van der Waals surface area contributed by atoms with E-state index in [-0.39, 0.29) is 5.91 Å². The minimum absolute atomic E-state index is 0.152. The Labute approximate surface area is 149 Å². The molecule has 1 amide bonds. The maximum Gasteiger partial charge on any atom is 0.256 e. The summed E-state index contributed by atoms with van der Waals surface area (Å²) in [6.45, 7) is 1.34. The molecule has 0 saturated carbocycles. The van der Waals surface area contributed by atoms with Gasteiger partial charge < -0.3 is 14.9 Å². The number of carbonyl (C=O) groups is 1. The van der Waals surface area contributed by atoms with Crippen molar-refractivity contribution in [3.8, 4) is 0 Å². The number of nitrogens with one attached hydrogen (secondary N) is 2. The monoisotopic (exact) mass is 355 g/mol. The van der Waals surface area contributed by atoms with E-state index in [1.54, 1.807) is 4.90 Å². The van der Waals surface area contributed by atoms with Gasteiger partial charge in [-0.25, -0.2) is 4.39 Å². The van der Waals surface area contributed by atoms with Crippen LogP contribution in [0.5, 0.6) is 0 Å². The number of imidazole rings is 1. The third-order valence-electron chi connectivity index (χ3n) is 4.87. The number of piperidine rings is 1. The Bertz CT molecular complexity index is 971. The summed E-state index contributed by atoms with van der Waals surface area (Å²) in [5.74, 6) is -0.127. The van der Waals surface area contributed by atoms with E-state index in [1.165, 1.54) is 17.7 Å². The zero-order valence-electron chi connectivity index (χ0n) is 13.6. The molecule has 0 atom stereocenters. The van der Waals surface area contributed by atoms with Crippen molar-refractivity contribution in [1.29, 1.82) is 0 Å². The predicted octanol–water partition coefficient (Wildman–Crippen LogP) is 4.38. The van der Waals surface area contributed by atoms with E-state index in [9.17, 15) is 9.18 Å². The summed E-state index contributed by atoms with van der Waals surface area (Å²) < 4.78 is 14.3. The highest BCUT2D eigenvalue weighted by molar-refractivity contribution is 7.71. The highest BCUT2D eigenvalue weighted by Gasteiger charge is 2.26. The molecule has 6 heteroatoms. The van der Waals surface area contributed by atoms with Crippen LogP contribution in [0.2, 0.25) is 0 Å². The van der Waals surface area contributed by atoms with Gasteiger partial charge in [0.2, 0.25) is 0 Å². The highest BCUT2D eigenvalue weighted by Crippen LogP contribution is 2.29. The van der Waals surface area contributed by atoms with Gasteiger partial charge in [0.05, 0.1) is 16.6 Å². The Morgan fingerprint density at radius 1 is 1.12 bits per heavy atom. The number of hydrogen-bond acceptors (Lipinski definition) is 2. The van der Waals surface area contributed by atoms with E-state index < -0.39 is 5.82 Å². The number of aromatic amines is 2. The number of benzene rings is 2. The average molecular weight is 355 g/mol. The van der Waals surface area contributed by atoms with Crippen molar-refractivity contribution in [1.82, 2.24) is 14.9 Å². The summed E-state index contributed by atoms with van der Waals surface area (Å²) in [4.78, 5) is 20.5. The predicted molar refractivity (Wildman–Crippen MR) is 97.8 cm³/mol. The van der Waals surface area contributed by atoms with Gasteiger partial charge >= 0.3 is 0 Å². The smallest absolute Gasteiger partial charge is 0.256 e. The second-order valence-corrected chi connectivity index (χ2v) is 6.84. The molecule has 2 aromatic carbocycles. The van der Waals surface area contributed by atoms with Crippen LogP contribution in [0.4, 0.5) is 4.39 Å². The molecule has 128 valence electrons. The molecule has 25 heavy (non-hydrogen) atoms. The molecule has 1 aliphatic heterocycles. The van der Waals surface area contributed by atoms with Gasteiger partial charge in [-0.15, -0.1) is 0 Å². The standard InChI is InChI=1S/C19H18FN3OS/c20-14-10-15(17-16(11-14)21-19(25)22-17)18(24)23-8-6-13(7-9-23)12-4-2-1-3-5-12/h1-5,10-11,13H,6-9H2,(H2,21,22,25). The first-order valence-corrected chi connectivity index (χ1v) is 8.78. The molecule has 0 unspecified atom stereocenters. The maximum atomic E-state index is 13.9. The first kappa shape index (κ1) is 16.0. The lowest BCUT2D eigenvalue weighted by atomic mass is 9.89. The number of fused-ring (bicyclic) bond motifs is 1. The number of likely N-dealkylation sites (tertiary alicyclic amines) is 1. The Morgan fingerprint density at radius 3 is 2.56 bits per heavy atom. The largest absolute Gasteiger partial charge is 0.339 e. The van der Waals surface area contributed by atoms with Crippen LogP contribution in [0, 0.1) is 10.6 Å². The van der Waals surface area contributed by atoms with Crippen LogP contribution in [0.25, 0.3) is 11.0 Å². The second kappa shape index (κ2) is 6.44. The first-order valence-electron chi connectivity index (χ1n) is 8.37. The molecule has 3 aromatic rings. The second-order valence-electron chi connectivity index (χ2n) is 6.43. The number of nitrogens with zero attached hydrogens (tertiary/aromatic N) is 1. The van der Waals surface area contributed by atoms with Crippen molar-refractivity contribution in [3.05, 3.63) is 64.2 Å². The fourth-order valence-electron chi connectivity index (χ4n) is 3.59. The summed E-state index contributed by atoms with van der Waals surface area (Å²) in [5.41, 5.74) is 2.74. The van der Waals surface area contributed by atoms with E-state index in [0.29, 0.717) is 40.4 Å². The molecular weight excluding hydrogens is 337 g/mol. The van der Waals surface area contributed by atoms with Gasteiger partial charge in [-0.3, -0.25) is 4.79 Å². The number of hydrogen-bond donors (Lipinski definition) is 2. The number of H-pyrrole nitrogens is 2. The van der Waals surface area contributed by atoms with Crippen molar-refractivity contribution < 1.29 is 9.18 Å². The normalized spacial score (nSPS) is 15.6. The number of aromatic nitrogens is 2. The molecule has 0 spiro atoms. The fourth-order valence-corrected chi connectivity index (χ4v) is 3.80. The summed E-state index contributed by atoms with van der Waals surface area (Å²) >= 11 is 5.07. The summed E-state index contributed by atoms with van der Waals surface area (Å²) in [7, 11) is 0. The summed E-state index contributed by atoms with van der Waals surface area (Å²) in [6.07, 6.45) is 1.83. The number of amides is 1. The van der Waals surface area contributed by atoms with Gasteiger partial charge in [-0.2, -0.15) is 0 Å². The minimum atomic E-state index is -0.444. The molecule has 1 aliphatic rings. The SMILES string of the molecule is O=C(c1cc(F)cc2[nH]c(=S)[nH]c12)N1CCC(c2ccccc2)CC1. The molecule has 1 saturated heterocycles. The number of carbonyl (C=O) groups excluding carboxylic acids is 1. The van der Waals surface area contributed by atoms with E-state index in [4.69, 9.17) is 12.2 Å². The van der Waals surface area contributed by atoms with E-state index >= 15 is 0 Å². The van der Waals surface area contributed by atoms with E-state index in [2.05, 4.69) is 22.1 Å². The van der Waals surface area contributed by atoms with Crippen molar-refractivity contribution in [3.63, 3.8) is 0 Å². The van der Waals surface area contributed by atoms with E-state index in [1.807, 2.05) is 18.2 Å². The van der Waals surface area contributed by atoms with Crippen molar-refractivity contribution in [2.45, 2.75) is 18.8 Å². The van der Waals surface area contributed by atoms with E-state index in [0.717, 1.165) is 12.8 Å². The summed E-state index contributed by atoms with van der Waals surface area (Å²) in [5, 5.41) is 0. The third kappa shape index (κ3) is 3.09. The molecule has 1 fully saturated rings. The Kier molecular flexibility index (Phi) is 4.13. The van der Waals surface area contributed by atoms with Gasteiger partial charge in [0.1, 0.15) is 5.82 Å². The average Bonchev–Trinajstić information content (AvgIpc) is 3.01. The fraction of sp³-hybridized carbons (Fsp3) is 0.263. The van der Waals surface area contributed by atoms with Crippen LogP contribution in [0.15, 0.2) is 42.5 Å². The zero-order valence-corrected chi connectivity index (χ0v) is 14.4. The molecule has 2 heterocycles. The van der Waals surface area contributed by atoms with Gasteiger partial charge in [-0.05, 0) is 48.7 Å². The Balaban J connectivity index is 1.56. The molecule has 0 aliphatic carbocycles. The first-order chi connectivity index (χ1) is 12.1. The van der Waals surface area contributed by atoms with Gasteiger partial charge in [0, 0.05) is 13.1 Å².